The van der Waals surface area contributed by atoms with Gasteiger partial charge in [0.2, 0.25) is 10.0 Å². The first-order valence-corrected chi connectivity index (χ1v) is 7.98. The van der Waals surface area contributed by atoms with Crippen molar-refractivity contribution >= 4 is 34.8 Å². The lowest BCUT2D eigenvalue weighted by atomic mass is 10.3. The van der Waals surface area contributed by atoms with Gasteiger partial charge in [0.05, 0.1) is 6.20 Å². The summed E-state index contributed by atoms with van der Waals surface area (Å²) in [6.07, 6.45) is 3.68. The molecule has 0 amide bonds. The molecule has 2 rings (SSSR count). The molecule has 21 heavy (non-hydrogen) atoms. The van der Waals surface area contributed by atoms with E-state index in [1.165, 1.54) is 17.1 Å². The molecular weight excluding hydrogens is 337 g/mol. The van der Waals surface area contributed by atoms with E-state index in [9.17, 15) is 8.42 Å². The maximum Gasteiger partial charge on any atom is 0.243 e. The number of rotatable bonds is 6. The summed E-state index contributed by atoms with van der Waals surface area (Å²) in [5, 5.41) is 7.16. The number of hydrogen-bond donors (Lipinski definition) is 2. The Hall–Kier alpha value is -0.380. The Balaban J connectivity index is 0.00000200. The Morgan fingerprint density at radius 1 is 1.33 bits per heavy atom. The molecule has 1 aromatic rings. The molecule has 124 valence electrons. The predicted octanol–water partition coefficient (Wildman–Crippen LogP) is -0.163. The molecule has 0 aliphatic carbocycles. The van der Waals surface area contributed by atoms with Crippen LogP contribution < -0.4 is 10.0 Å². The molecule has 1 aliphatic heterocycles. The third-order valence-electron chi connectivity index (χ3n) is 3.14. The van der Waals surface area contributed by atoms with Crippen LogP contribution in [0.3, 0.4) is 0 Å². The van der Waals surface area contributed by atoms with Crippen LogP contribution in [0.1, 0.15) is 6.42 Å². The van der Waals surface area contributed by atoms with E-state index in [-0.39, 0.29) is 29.7 Å². The van der Waals surface area contributed by atoms with E-state index in [0.29, 0.717) is 6.54 Å². The van der Waals surface area contributed by atoms with Crippen LogP contribution in [-0.2, 0) is 17.1 Å². The molecule has 10 heteroatoms. The summed E-state index contributed by atoms with van der Waals surface area (Å²) in [5.74, 6) is 0. The van der Waals surface area contributed by atoms with Crippen molar-refractivity contribution in [2.24, 2.45) is 7.05 Å². The fourth-order valence-electron chi connectivity index (χ4n) is 2.06. The lowest BCUT2D eigenvalue weighted by molar-refractivity contribution is 0.239. The van der Waals surface area contributed by atoms with Gasteiger partial charge in [0, 0.05) is 46.0 Å². The van der Waals surface area contributed by atoms with E-state index in [1.54, 1.807) is 7.05 Å². The SMILES string of the molecule is Cl.Cl.Cn1cc(S(=O)(=O)NCCCN2CCNCC2)cn1. The van der Waals surface area contributed by atoms with Gasteiger partial charge in [-0.3, -0.25) is 4.68 Å². The standard InChI is InChI=1S/C11H21N5O2S.2ClH/c1-15-10-11(9-13-15)19(17,18)14-3-2-6-16-7-4-12-5-8-16;;/h9-10,12,14H,2-8H2,1H3;2*1H. The van der Waals surface area contributed by atoms with Gasteiger partial charge in [-0.05, 0) is 13.0 Å². The summed E-state index contributed by atoms with van der Waals surface area (Å²) in [5.41, 5.74) is 0. The Kier molecular flexibility index (Phi) is 9.43. The van der Waals surface area contributed by atoms with E-state index in [2.05, 4.69) is 20.0 Å². The van der Waals surface area contributed by atoms with Gasteiger partial charge in [-0.25, -0.2) is 13.1 Å². The molecule has 2 N–H and O–H groups in total. The largest absolute Gasteiger partial charge is 0.314 e. The Morgan fingerprint density at radius 2 is 2.00 bits per heavy atom. The summed E-state index contributed by atoms with van der Waals surface area (Å²) in [6, 6.07) is 0. The van der Waals surface area contributed by atoms with E-state index in [0.717, 1.165) is 39.1 Å². The van der Waals surface area contributed by atoms with Crippen molar-refractivity contribution < 1.29 is 8.42 Å². The fourth-order valence-corrected chi connectivity index (χ4v) is 3.12. The number of halogens is 2. The first-order valence-electron chi connectivity index (χ1n) is 6.49. The molecule has 1 saturated heterocycles. The Morgan fingerprint density at radius 3 is 2.57 bits per heavy atom. The molecule has 0 bridgehead atoms. The molecule has 1 aromatic heterocycles. The molecule has 0 unspecified atom stereocenters. The number of nitrogens with one attached hydrogen (secondary N) is 2. The van der Waals surface area contributed by atoms with Gasteiger partial charge in [0.25, 0.3) is 0 Å². The smallest absolute Gasteiger partial charge is 0.243 e. The molecule has 2 heterocycles. The van der Waals surface area contributed by atoms with E-state index >= 15 is 0 Å². The lowest BCUT2D eigenvalue weighted by Crippen LogP contribution is -2.44. The quantitative estimate of drug-likeness (QED) is 0.689. The second kappa shape index (κ2) is 9.60. The van der Waals surface area contributed by atoms with Gasteiger partial charge in [-0.1, -0.05) is 0 Å². The number of hydrogen-bond acceptors (Lipinski definition) is 5. The summed E-state index contributed by atoms with van der Waals surface area (Å²) in [4.78, 5) is 2.56. The summed E-state index contributed by atoms with van der Waals surface area (Å²) in [7, 11) is -1.71. The highest BCUT2D eigenvalue weighted by Crippen LogP contribution is 2.05. The number of aromatic nitrogens is 2. The molecule has 0 saturated carbocycles. The number of sulfonamides is 1. The number of nitrogens with zero attached hydrogens (tertiary/aromatic N) is 3. The summed E-state index contributed by atoms with van der Waals surface area (Å²) in [6.45, 7) is 5.49. The molecule has 0 aromatic carbocycles. The van der Waals surface area contributed by atoms with Crippen molar-refractivity contribution in [2.75, 3.05) is 39.3 Å². The topological polar surface area (TPSA) is 79.3 Å². The first kappa shape index (κ1) is 20.6. The minimum atomic E-state index is -3.41. The van der Waals surface area contributed by atoms with Gasteiger partial charge in [-0.15, -0.1) is 24.8 Å². The second-order valence-corrected chi connectivity index (χ2v) is 6.46. The Bertz CT molecular complexity index is 502. The molecular formula is C11H23Cl2N5O2S. The highest BCUT2D eigenvalue weighted by Gasteiger charge is 2.15. The molecule has 0 atom stereocenters. The fraction of sp³-hybridized carbons (Fsp3) is 0.727. The monoisotopic (exact) mass is 359 g/mol. The number of aryl methyl sites for hydroxylation is 1. The highest BCUT2D eigenvalue weighted by molar-refractivity contribution is 7.89. The average molecular weight is 360 g/mol. The van der Waals surface area contributed by atoms with Crippen molar-refractivity contribution in [3.8, 4) is 0 Å². The van der Waals surface area contributed by atoms with Crippen molar-refractivity contribution in [3.05, 3.63) is 12.4 Å². The van der Waals surface area contributed by atoms with Crippen molar-refractivity contribution in [3.63, 3.8) is 0 Å². The highest BCUT2D eigenvalue weighted by atomic mass is 35.5. The average Bonchev–Trinajstić information content (AvgIpc) is 2.84. The minimum absolute atomic E-state index is 0. The van der Waals surface area contributed by atoms with Gasteiger partial charge in [-0.2, -0.15) is 5.10 Å². The van der Waals surface area contributed by atoms with Crippen LogP contribution in [0.15, 0.2) is 17.3 Å². The van der Waals surface area contributed by atoms with Crippen LogP contribution >= 0.6 is 24.8 Å². The minimum Gasteiger partial charge on any atom is -0.314 e. The molecule has 0 spiro atoms. The van der Waals surface area contributed by atoms with Crippen molar-refractivity contribution in [1.29, 1.82) is 0 Å². The van der Waals surface area contributed by atoms with Gasteiger partial charge in [0.1, 0.15) is 4.90 Å². The maximum absolute atomic E-state index is 11.9. The van der Waals surface area contributed by atoms with Crippen molar-refractivity contribution in [1.82, 2.24) is 24.7 Å². The van der Waals surface area contributed by atoms with Crippen LogP contribution in [0, 0.1) is 0 Å². The predicted molar refractivity (Wildman–Crippen MR) is 86.8 cm³/mol. The van der Waals surface area contributed by atoms with E-state index in [4.69, 9.17) is 0 Å². The molecule has 1 fully saturated rings. The van der Waals surface area contributed by atoms with E-state index in [1.807, 2.05) is 0 Å². The maximum atomic E-state index is 11.9. The van der Waals surface area contributed by atoms with Crippen molar-refractivity contribution in [2.45, 2.75) is 11.3 Å². The zero-order valence-electron chi connectivity index (χ0n) is 12.0. The third-order valence-corrected chi connectivity index (χ3v) is 4.56. The second-order valence-electron chi connectivity index (χ2n) is 4.69. The van der Waals surface area contributed by atoms with Gasteiger partial charge < -0.3 is 10.2 Å². The van der Waals surface area contributed by atoms with Crippen LogP contribution in [0.25, 0.3) is 0 Å². The molecule has 0 radical (unpaired) electrons. The van der Waals surface area contributed by atoms with Crippen LogP contribution in [0.2, 0.25) is 0 Å². The summed E-state index contributed by atoms with van der Waals surface area (Å²) >= 11 is 0. The zero-order chi connectivity index (χ0) is 13.7. The Labute approximate surface area is 138 Å². The normalized spacial score (nSPS) is 16.0. The number of piperazine rings is 1. The van der Waals surface area contributed by atoms with Crippen LogP contribution in [0.5, 0.6) is 0 Å². The summed E-state index contributed by atoms with van der Waals surface area (Å²) < 4.78 is 27.9. The lowest BCUT2D eigenvalue weighted by Gasteiger charge is -2.26. The van der Waals surface area contributed by atoms with Crippen LogP contribution in [0.4, 0.5) is 0 Å². The zero-order valence-corrected chi connectivity index (χ0v) is 14.4. The molecule has 7 nitrogen and oxygen atoms in total. The first-order chi connectivity index (χ1) is 9.08. The van der Waals surface area contributed by atoms with E-state index < -0.39 is 10.0 Å². The van der Waals surface area contributed by atoms with Crippen LogP contribution in [-0.4, -0.2) is 62.4 Å². The third kappa shape index (κ3) is 6.50. The van der Waals surface area contributed by atoms with Gasteiger partial charge in [0.15, 0.2) is 0 Å². The molecule has 1 aliphatic rings. The van der Waals surface area contributed by atoms with Gasteiger partial charge >= 0.3 is 0 Å².